The normalized spacial score (nSPS) is 20.1. The van der Waals surface area contributed by atoms with Gasteiger partial charge in [-0.1, -0.05) is 0 Å². The Hall–Kier alpha value is -1.05. The van der Waals surface area contributed by atoms with Crippen molar-refractivity contribution in [3.05, 3.63) is 28.2 Å². The number of benzene rings is 1. The predicted octanol–water partition coefficient (Wildman–Crippen LogP) is 3.23. The van der Waals surface area contributed by atoms with Gasteiger partial charge in [0.2, 0.25) is 0 Å². The van der Waals surface area contributed by atoms with Crippen LogP contribution in [-0.4, -0.2) is 12.9 Å². The molecule has 1 aliphatic rings. The lowest BCUT2D eigenvalue weighted by molar-refractivity contribution is -0.106. The van der Waals surface area contributed by atoms with E-state index in [9.17, 15) is 0 Å². The minimum Gasteiger partial charge on any atom is -0.464 e. The highest BCUT2D eigenvalue weighted by Gasteiger charge is 2.16. The molecule has 1 aliphatic heterocycles. The molecule has 0 amide bonds. The zero-order chi connectivity index (χ0) is 11.4. The summed E-state index contributed by atoms with van der Waals surface area (Å²) in [6, 6.07) is 7.36. The largest absolute Gasteiger partial charge is 0.464 e. The van der Waals surface area contributed by atoms with Gasteiger partial charge in [-0.15, -0.1) is 0 Å². The van der Waals surface area contributed by atoms with E-state index in [4.69, 9.17) is 14.7 Å². The summed E-state index contributed by atoms with van der Waals surface area (Å²) in [5.74, 6) is 0.728. The third kappa shape index (κ3) is 2.75. The second-order valence-electron chi connectivity index (χ2n) is 3.67. The van der Waals surface area contributed by atoms with Crippen LogP contribution in [0.25, 0.3) is 0 Å². The van der Waals surface area contributed by atoms with Gasteiger partial charge in [0.05, 0.1) is 22.7 Å². The zero-order valence-corrected chi connectivity index (χ0v) is 10.4. The van der Waals surface area contributed by atoms with Gasteiger partial charge < -0.3 is 9.47 Å². The lowest BCUT2D eigenvalue weighted by Crippen LogP contribution is -2.25. The SMILES string of the molecule is N#Cc1ccc(OC2CCCCO2)c(Br)c1. The number of halogens is 1. The van der Waals surface area contributed by atoms with Gasteiger partial charge in [-0.25, -0.2) is 0 Å². The van der Waals surface area contributed by atoms with E-state index in [0.29, 0.717) is 5.56 Å². The Labute approximate surface area is 103 Å². The highest BCUT2D eigenvalue weighted by Crippen LogP contribution is 2.28. The minimum atomic E-state index is -0.155. The molecule has 0 aromatic heterocycles. The molecule has 1 aromatic rings. The molecule has 1 atom stereocenters. The number of ether oxygens (including phenoxy) is 2. The van der Waals surface area contributed by atoms with Crippen LogP contribution in [0.2, 0.25) is 0 Å². The fourth-order valence-electron chi connectivity index (χ4n) is 1.61. The van der Waals surface area contributed by atoms with Crippen LogP contribution in [0.1, 0.15) is 24.8 Å². The molecule has 1 unspecified atom stereocenters. The second-order valence-corrected chi connectivity index (χ2v) is 4.53. The van der Waals surface area contributed by atoms with Gasteiger partial charge in [0.15, 0.2) is 6.29 Å². The van der Waals surface area contributed by atoms with E-state index < -0.39 is 0 Å². The van der Waals surface area contributed by atoms with E-state index in [-0.39, 0.29) is 6.29 Å². The van der Waals surface area contributed by atoms with E-state index in [1.807, 2.05) is 0 Å². The average Bonchev–Trinajstić information content (AvgIpc) is 2.33. The highest BCUT2D eigenvalue weighted by atomic mass is 79.9. The summed E-state index contributed by atoms with van der Waals surface area (Å²) in [4.78, 5) is 0. The van der Waals surface area contributed by atoms with Crippen LogP contribution in [0.5, 0.6) is 5.75 Å². The number of hydrogen-bond acceptors (Lipinski definition) is 3. The Balaban J connectivity index is 2.06. The van der Waals surface area contributed by atoms with E-state index in [1.165, 1.54) is 0 Å². The third-order valence-electron chi connectivity index (χ3n) is 2.46. The van der Waals surface area contributed by atoms with Crippen molar-refractivity contribution in [1.29, 1.82) is 5.26 Å². The maximum absolute atomic E-state index is 8.74. The molecule has 2 rings (SSSR count). The molecule has 1 fully saturated rings. The van der Waals surface area contributed by atoms with Crippen molar-refractivity contribution in [3.63, 3.8) is 0 Å². The summed E-state index contributed by atoms with van der Waals surface area (Å²) >= 11 is 3.38. The molecule has 0 aliphatic carbocycles. The Morgan fingerprint density at radius 2 is 2.31 bits per heavy atom. The Morgan fingerprint density at radius 1 is 1.44 bits per heavy atom. The summed E-state index contributed by atoms with van der Waals surface area (Å²) in [6.07, 6.45) is 3.01. The monoisotopic (exact) mass is 281 g/mol. The Bertz CT molecular complexity index is 408. The van der Waals surface area contributed by atoms with Crippen LogP contribution < -0.4 is 4.74 Å². The summed E-state index contributed by atoms with van der Waals surface area (Å²) in [6.45, 7) is 0.762. The molecule has 1 aromatic carbocycles. The van der Waals surface area contributed by atoms with Crippen molar-refractivity contribution in [3.8, 4) is 11.8 Å². The van der Waals surface area contributed by atoms with Crippen LogP contribution in [0.15, 0.2) is 22.7 Å². The fraction of sp³-hybridized carbons (Fsp3) is 0.417. The smallest absolute Gasteiger partial charge is 0.199 e. The van der Waals surface area contributed by atoms with Crippen LogP contribution >= 0.6 is 15.9 Å². The summed E-state index contributed by atoms with van der Waals surface area (Å²) < 4.78 is 12.0. The van der Waals surface area contributed by atoms with Gasteiger partial charge in [-0.05, 0) is 47.0 Å². The average molecular weight is 282 g/mol. The standard InChI is InChI=1S/C12H12BrNO2/c13-10-7-9(8-14)4-5-11(10)16-12-3-1-2-6-15-12/h4-5,7,12H,1-3,6H2. The summed E-state index contributed by atoms with van der Waals surface area (Å²) in [5.41, 5.74) is 0.615. The van der Waals surface area contributed by atoms with Gasteiger partial charge in [0.25, 0.3) is 0 Å². The van der Waals surface area contributed by atoms with Gasteiger partial charge in [-0.3, -0.25) is 0 Å². The molecule has 3 nitrogen and oxygen atoms in total. The van der Waals surface area contributed by atoms with Crippen LogP contribution in [0, 0.1) is 11.3 Å². The van der Waals surface area contributed by atoms with Crippen LogP contribution in [-0.2, 0) is 4.74 Å². The lowest BCUT2D eigenvalue weighted by Gasteiger charge is -2.23. The van der Waals surface area contributed by atoms with E-state index in [0.717, 1.165) is 36.1 Å². The first kappa shape index (κ1) is 11.4. The van der Waals surface area contributed by atoms with Gasteiger partial charge in [0, 0.05) is 6.42 Å². The van der Waals surface area contributed by atoms with E-state index in [2.05, 4.69) is 22.0 Å². The van der Waals surface area contributed by atoms with Crippen molar-refractivity contribution in [2.45, 2.75) is 25.6 Å². The first-order valence-electron chi connectivity index (χ1n) is 5.27. The molecular weight excluding hydrogens is 270 g/mol. The maximum atomic E-state index is 8.74. The molecule has 0 spiro atoms. The summed E-state index contributed by atoms with van der Waals surface area (Å²) in [5, 5.41) is 8.74. The molecule has 1 saturated heterocycles. The molecule has 0 N–H and O–H groups in total. The zero-order valence-electron chi connectivity index (χ0n) is 8.78. The predicted molar refractivity (Wildman–Crippen MR) is 63.1 cm³/mol. The number of nitrogens with zero attached hydrogens (tertiary/aromatic N) is 1. The van der Waals surface area contributed by atoms with Crippen LogP contribution in [0.4, 0.5) is 0 Å². The summed E-state index contributed by atoms with van der Waals surface area (Å²) in [7, 11) is 0. The number of hydrogen-bond donors (Lipinski definition) is 0. The Kier molecular flexibility index (Phi) is 3.81. The topological polar surface area (TPSA) is 42.2 Å². The number of nitriles is 1. The molecule has 0 radical (unpaired) electrons. The van der Waals surface area contributed by atoms with Crippen molar-refractivity contribution >= 4 is 15.9 Å². The van der Waals surface area contributed by atoms with Gasteiger partial charge in [0.1, 0.15) is 5.75 Å². The van der Waals surface area contributed by atoms with Crippen LogP contribution in [0.3, 0.4) is 0 Å². The van der Waals surface area contributed by atoms with E-state index in [1.54, 1.807) is 18.2 Å². The van der Waals surface area contributed by atoms with Crippen molar-refractivity contribution in [1.82, 2.24) is 0 Å². The first-order valence-corrected chi connectivity index (χ1v) is 6.07. The maximum Gasteiger partial charge on any atom is 0.199 e. The van der Waals surface area contributed by atoms with Gasteiger partial charge >= 0.3 is 0 Å². The fourth-order valence-corrected chi connectivity index (χ4v) is 2.08. The van der Waals surface area contributed by atoms with Gasteiger partial charge in [-0.2, -0.15) is 5.26 Å². The van der Waals surface area contributed by atoms with Crippen molar-refractivity contribution in [2.24, 2.45) is 0 Å². The Morgan fingerprint density at radius 3 is 2.94 bits per heavy atom. The molecular formula is C12H12BrNO2. The molecule has 1 heterocycles. The van der Waals surface area contributed by atoms with Crippen molar-refractivity contribution < 1.29 is 9.47 Å². The molecule has 84 valence electrons. The van der Waals surface area contributed by atoms with Crippen molar-refractivity contribution in [2.75, 3.05) is 6.61 Å². The molecule has 0 bridgehead atoms. The lowest BCUT2D eigenvalue weighted by atomic mass is 10.2. The molecule has 4 heteroatoms. The third-order valence-corrected chi connectivity index (χ3v) is 3.08. The molecule has 16 heavy (non-hydrogen) atoms. The quantitative estimate of drug-likeness (QED) is 0.836. The highest BCUT2D eigenvalue weighted by molar-refractivity contribution is 9.10. The molecule has 0 saturated carbocycles. The first-order chi connectivity index (χ1) is 7.79. The number of rotatable bonds is 2. The minimum absolute atomic E-state index is 0.155. The van der Waals surface area contributed by atoms with E-state index >= 15 is 0 Å². The second kappa shape index (κ2) is 5.33.